The van der Waals surface area contributed by atoms with Crippen molar-refractivity contribution in [3.05, 3.63) is 47.9 Å². The van der Waals surface area contributed by atoms with Gasteiger partial charge in [0, 0.05) is 31.3 Å². The van der Waals surface area contributed by atoms with Gasteiger partial charge in [-0.15, -0.1) is 0 Å². The van der Waals surface area contributed by atoms with Gasteiger partial charge in [-0.1, -0.05) is 12.1 Å². The Morgan fingerprint density at radius 3 is 2.73 bits per heavy atom. The number of carbonyl (C=O) groups excluding carboxylic acids is 1. The molecule has 1 N–H and O–H groups in total. The number of hydrogen-bond donors (Lipinski definition) is 1. The summed E-state index contributed by atoms with van der Waals surface area (Å²) in [6, 6.07) is 7.01. The van der Waals surface area contributed by atoms with E-state index in [1.165, 1.54) is 12.4 Å². The molecule has 7 heteroatoms. The predicted octanol–water partition coefficient (Wildman–Crippen LogP) is 2.34. The Hall–Kier alpha value is -2.80. The van der Waals surface area contributed by atoms with E-state index in [-0.39, 0.29) is 11.6 Å². The summed E-state index contributed by atoms with van der Waals surface area (Å²) in [5, 5.41) is 9.02. The fraction of sp³-hybridized carbons (Fsp3) is 0.368. The molecule has 26 heavy (non-hydrogen) atoms. The van der Waals surface area contributed by atoms with E-state index in [1.54, 1.807) is 31.4 Å². The molecule has 0 radical (unpaired) electrons. The number of ether oxygens (including phenoxy) is 1. The van der Waals surface area contributed by atoms with Crippen molar-refractivity contribution in [2.75, 3.05) is 26.8 Å². The maximum atomic E-state index is 12.7. The SMILES string of the molecule is COCC1CCCN(C(=O)c2ccc(-c3cncc(C(=O)O)n3)cc2)C1. The molecule has 1 atom stereocenters. The number of piperidine rings is 1. The molecule has 1 aliphatic rings. The van der Waals surface area contributed by atoms with Crippen LogP contribution in [0.25, 0.3) is 11.3 Å². The van der Waals surface area contributed by atoms with E-state index in [9.17, 15) is 9.59 Å². The minimum atomic E-state index is -1.12. The van der Waals surface area contributed by atoms with Crippen LogP contribution in [0.4, 0.5) is 0 Å². The van der Waals surface area contributed by atoms with E-state index in [0.717, 1.165) is 19.4 Å². The first-order chi connectivity index (χ1) is 12.6. The van der Waals surface area contributed by atoms with E-state index in [0.29, 0.717) is 35.9 Å². The number of methoxy groups -OCH3 is 1. The van der Waals surface area contributed by atoms with Gasteiger partial charge in [0.05, 0.1) is 24.7 Å². The molecular weight excluding hydrogens is 334 g/mol. The lowest BCUT2D eigenvalue weighted by Gasteiger charge is -2.32. The number of benzene rings is 1. The maximum absolute atomic E-state index is 12.7. The van der Waals surface area contributed by atoms with Crippen LogP contribution >= 0.6 is 0 Å². The van der Waals surface area contributed by atoms with Crippen LogP contribution in [0.5, 0.6) is 0 Å². The summed E-state index contributed by atoms with van der Waals surface area (Å²) in [7, 11) is 1.68. The van der Waals surface area contributed by atoms with Gasteiger partial charge in [-0.3, -0.25) is 9.78 Å². The summed E-state index contributed by atoms with van der Waals surface area (Å²) in [6.45, 7) is 2.13. The number of carboxylic acids is 1. The molecule has 0 bridgehead atoms. The molecule has 1 amide bonds. The molecule has 7 nitrogen and oxygen atoms in total. The first kappa shape index (κ1) is 18.0. The summed E-state index contributed by atoms with van der Waals surface area (Å²) >= 11 is 0. The Morgan fingerprint density at radius 1 is 1.27 bits per heavy atom. The molecule has 1 aliphatic heterocycles. The summed E-state index contributed by atoms with van der Waals surface area (Å²) < 4.78 is 5.21. The quantitative estimate of drug-likeness (QED) is 0.885. The second kappa shape index (κ2) is 8.05. The van der Waals surface area contributed by atoms with Crippen molar-refractivity contribution >= 4 is 11.9 Å². The lowest BCUT2D eigenvalue weighted by atomic mass is 9.98. The molecule has 2 aromatic rings. The standard InChI is InChI=1S/C19H21N3O4/c1-26-12-13-3-2-8-22(11-13)18(23)15-6-4-14(5-7-15)16-9-20-10-17(21-16)19(24)25/h4-7,9-10,13H,2-3,8,11-12H2,1H3,(H,24,25). The smallest absolute Gasteiger partial charge is 0.356 e. The fourth-order valence-corrected chi connectivity index (χ4v) is 3.20. The van der Waals surface area contributed by atoms with Gasteiger partial charge >= 0.3 is 5.97 Å². The zero-order valence-corrected chi connectivity index (χ0v) is 14.6. The maximum Gasteiger partial charge on any atom is 0.356 e. The van der Waals surface area contributed by atoms with Gasteiger partial charge < -0.3 is 14.7 Å². The fourth-order valence-electron chi connectivity index (χ4n) is 3.20. The molecule has 1 saturated heterocycles. The number of amides is 1. The summed E-state index contributed by atoms with van der Waals surface area (Å²) in [5.41, 5.74) is 1.67. The minimum absolute atomic E-state index is 0.00252. The Kier molecular flexibility index (Phi) is 5.58. The number of aromatic nitrogens is 2. The molecule has 3 rings (SSSR count). The van der Waals surface area contributed by atoms with Gasteiger partial charge in [-0.2, -0.15) is 0 Å². The van der Waals surface area contributed by atoms with Crippen molar-refractivity contribution in [1.82, 2.24) is 14.9 Å². The number of carboxylic acid groups (broad SMARTS) is 1. The second-order valence-corrected chi connectivity index (χ2v) is 6.39. The van der Waals surface area contributed by atoms with Crippen LogP contribution in [-0.2, 0) is 4.74 Å². The Balaban J connectivity index is 1.74. The number of nitrogens with zero attached hydrogens (tertiary/aromatic N) is 3. The van der Waals surface area contributed by atoms with E-state index in [4.69, 9.17) is 9.84 Å². The van der Waals surface area contributed by atoms with Crippen LogP contribution in [0, 0.1) is 5.92 Å². The summed E-state index contributed by atoms with van der Waals surface area (Å²) in [5.74, 6) is -0.740. The predicted molar refractivity (Wildman–Crippen MR) is 94.9 cm³/mol. The van der Waals surface area contributed by atoms with Gasteiger partial charge in [0.1, 0.15) is 0 Å². The van der Waals surface area contributed by atoms with Crippen molar-refractivity contribution in [3.8, 4) is 11.3 Å². The third-order valence-electron chi connectivity index (χ3n) is 4.49. The minimum Gasteiger partial charge on any atom is -0.476 e. The van der Waals surface area contributed by atoms with Crippen LogP contribution in [0.15, 0.2) is 36.7 Å². The first-order valence-electron chi connectivity index (χ1n) is 8.52. The van der Waals surface area contributed by atoms with Crippen LogP contribution in [0.2, 0.25) is 0 Å². The highest BCUT2D eigenvalue weighted by Crippen LogP contribution is 2.21. The number of aromatic carboxylic acids is 1. The molecule has 0 saturated carbocycles. The molecule has 1 aromatic heterocycles. The van der Waals surface area contributed by atoms with Gasteiger partial charge in [0.25, 0.3) is 5.91 Å². The van der Waals surface area contributed by atoms with Crippen molar-refractivity contribution in [2.45, 2.75) is 12.8 Å². The summed E-state index contributed by atoms with van der Waals surface area (Å²) in [6.07, 6.45) is 4.77. The van der Waals surface area contributed by atoms with Crippen LogP contribution < -0.4 is 0 Å². The molecule has 1 fully saturated rings. The zero-order valence-electron chi connectivity index (χ0n) is 14.6. The number of likely N-dealkylation sites (tertiary alicyclic amines) is 1. The number of hydrogen-bond acceptors (Lipinski definition) is 5. The van der Waals surface area contributed by atoms with Crippen molar-refractivity contribution in [1.29, 1.82) is 0 Å². The monoisotopic (exact) mass is 355 g/mol. The Labute approximate surface area is 151 Å². The number of carbonyl (C=O) groups is 2. The topological polar surface area (TPSA) is 92.6 Å². The highest BCUT2D eigenvalue weighted by molar-refractivity contribution is 5.94. The van der Waals surface area contributed by atoms with Crippen molar-refractivity contribution in [2.24, 2.45) is 5.92 Å². The van der Waals surface area contributed by atoms with Crippen molar-refractivity contribution in [3.63, 3.8) is 0 Å². The largest absolute Gasteiger partial charge is 0.476 e. The van der Waals surface area contributed by atoms with E-state index in [1.807, 2.05) is 4.90 Å². The van der Waals surface area contributed by atoms with E-state index < -0.39 is 5.97 Å². The Morgan fingerprint density at radius 2 is 2.04 bits per heavy atom. The highest BCUT2D eigenvalue weighted by atomic mass is 16.5. The zero-order chi connectivity index (χ0) is 18.5. The van der Waals surface area contributed by atoms with E-state index in [2.05, 4.69) is 9.97 Å². The Bertz CT molecular complexity index is 790. The molecule has 0 spiro atoms. The summed E-state index contributed by atoms with van der Waals surface area (Å²) in [4.78, 5) is 33.6. The molecule has 1 unspecified atom stereocenters. The lowest BCUT2D eigenvalue weighted by molar-refractivity contribution is 0.0570. The molecule has 0 aliphatic carbocycles. The van der Waals surface area contributed by atoms with Crippen LogP contribution in [0.3, 0.4) is 0 Å². The molecule has 136 valence electrons. The van der Waals surface area contributed by atoms with Crippen molar-refractivity contribution < 1.29 is 19.4 Å². The lowest BCUT2D eigenvalue weighted by Crippen LogP contribution is -2.41. The number of rotatable bonds is 5. The van der Waals surface area contributed by atoms with Gasteiger partial charge in [0.2, 0.25) is 0 Å². The molecule has 2 heterocycles. The normalized spacial score (nSPS) is 17.1. The average Bonchev–Trinajstić information content (AvgIpc) is 2.68. The van der Waals surface area contributed by atoms with Gasteiger partial charge in [0.15, 0.2) is 5.69 Å². The molecular formula is C19H21N3O4. The molecule has 1 aromatic carbocycles. The third kappa shape index (κ3) is 4.05. The second-order valence-electron chi connectivity index (χ2n) is 6.39. The van der Waals surface area contributed by atoms with Crippen LogP contribution in [0.1, 0.15) is 33.7 Å². The van der Waals surface area contributed by atoms with Gasteiger partial charge in [-0.05, 0) is 30.9 Å². The van der Waals surface area contributed by atoms with Gasteiger partial charge in [-0.25, -0.2) is 9.78 Å². The first-order valence-corrected chi connectivity index (χ1v) is 8.52. The highest BCUT2D eigenvalue weighted by Gasteiger charge is 2.24. The van der Waals surface area contributed by atoms with Crippen LogP contribution in [-0.4, -0.2) is 58.7 Å². The third-order valence-corrected chi connectivity index (χ3v) is 4.49. The average molecular weight is 355 g/mol. The van der Waals surface area contributed by atoms with E-state index >= 15 is 0 Å².